The summed E-state index contributed by atoms with van der Waals surface area (Å²) in [4.78, 5) is 10.9. The van der Waals surface area contributed by atoms with Crippen molar-refractivity contribution in [3.8, 4) is 5.75 Å². The number of aldehydes is 1. The summed E-state index contributed by atoms with van der Waals surface area (Å²) in [5.74, 6) is 0.890. The molecule has 30 heavy (non-hydrogen) atoms. The van der Waals surface area contributed by atoms with Crippen molar-refractivity contribution in [2.45, 2.75) is 47.0 Å². The summed E-state index contributed by atoms with van der Waals surface area (Å²) in [6, 6.07) is 15.5. The zero-order valence-corrected chi connectivity index (χ0v) is 18.5. The maximum atomic E-state index is 10.9. The van der Waals surface area contributed by atoms with E-state index in [-0.39, 0.29) is 19.5 Å². The number of ether oxygens (including phenoxy) is 3. The Balaban J connectivity index is 0.000000585. The largest absolute Gasteiger partial charge is 0.489 e. The number of carbonyl (C=O) groups excluding carboxylic acids is 1. The smallest absolute Gasteiger partial charge is 0.154 e. The van der Waals surface area contributed by atoms with Crippen LogP contribution in [0.2, 0.25) is 0 Å². The predicted octanol–water partition coefficient (Wildman–Crippen LogP) is 4.02. The van der Waals surface area contributed by atoms with E-state index in [1.165, 1.54) is 5.56 Å². The van der Waals surface area contributed by atoms with Gasteiger partial charge in [-0.2, -0.15) is 0 Å². The third-order valence-corrected chi connectivity index (χ3v) is 3.82. The highest BCUT2D eigenvalue weighted by atomic mass is 16.7. The Bertz CT molecular complexity index is 666. The fourth-order valence-electron chi connectivity index (χ4n) is 2.39. The second kappa shape index (κ2) is 18.8. The highest BCUT2D eigenvalue weighted by molar-refractivity contribution is 5.77. The summed E-state index contributed by atoms with van der Waals surface area (Å²) in [7, 11) is 0. The van der Waals surface area contributed by atoms with Gasteiger partial charge in [-0.1, -0.05) is 49.4 Å². The fraction of sp³-hybridized carbons (Fsp3) is 0.458. The lowest BCUT2D eigenvalue weighted by Gasteiger charge is -2.11. The second-order valence-electron chi connectivity index (χ2n) is 5.99. The summed E-state index contributed by atoms with van der Waals surface area (Å²) in [5.41, 5.74) is 2.78. The van der Waals surface area contributed by atoms with Gasteiger partial charge in [0, 0.05) is 18.8 Å². The van der Waals surface area contributed by atoms with Gasteiger partial charge in [-0.05, 0) is 44.4 Å². The number of aliphatic hydroxyl groups excluding tert-OH is 2. The molecule has 0 aromatic heterocycles. The normalized spacial score (nSPS) is 9.83. The molecular formula is C24H36O6. The Hall–Kier alpha value is -2.25. The van der Waals surface area contributed by atoms with Gasteiger partial charge >= 0.3 is 0 Å². The van der Waals surface area contributed by atoms with Crippen molar-refractivity contribution in [3.05, 3.63) is 65.2 Å². The minimum absolute atomic E-state index is 0.0370. The number of para-hydroxylation sites is 1. The van der Waals surface area contributed by atoms with E-state index < -0.39 is 0 Å². The highest BCUT2D eigenvalue weighted by Crippen LogP contribution is 2.20. The van der Waals surface area contributed by atoms with E-state index in [2.05, 4.69) is 13.0 Å². The van der Waals surface area contributed by atoms with Crippen molar-refractivity contribution in [2.75, 3.05) is 26.4 Å². The maximum Gasteiger partial charge on any atom is 0.154 e. The monoisotopic (exact) mass is 420 g/mol. The summed E-state index contributed by atoms with van der Waals surface area (Å²) in [6.45, 7) is 9.52. The second-order valence-corrected chi connectivity index (χ2v) is 5.99. The van der Waals surface area contributed by atoms with E-state index in [9.17, 15) is 4.79 Å². The van der Waals surface area contributed by atoms with Crippen LogP contribution in [0, 0.1) is 0 Å². The van der Waals surface area contributed by atoms with Crippen LogP contribution in [0.1, 0.15) is 49.2 Å². The SMILES string of the molecule is CCOC(C)OCC.CCc1ccccc1OCc1ccccc1C=O.OCCO. The van der Waals surface area contributed by atoms with Gasteiger partial charge in [-0.3, -0.25) is 4.79 Å². The standard InChI is InChI=1S/C16H16O2.C6H14O2.C2H6O2/c1-2-13-7-5-6-10-16(13)18-12-15-9-4-3-8-14(15)11-17;1-4-7-6(3)8-5-2;3-1-2-4/h3-11H,2,12H2,1H3;6H,4-5H2,1-3H3;3-4H,1-2H2. The molecule has 0 fully saturated rings. The molecule has 2 aromatic carbocycles. The molecule has 2 aromatic rings. The summed E-state index contributed by atoms with van der Waals surface area (Å²) in [6.07, 6.45) is 1.76. The van der Waals surface area contributed by atoms with Crippen LogP contribution in [0.4, 0.5) is 0 Å². The Labute approximate surface area is 180 Å². The molecule has 0 atom stereocenters. The van der Waals surface area contributed by atoms with Gasteiger partial charge in [0.15, 0.2) is 6.29 Å². The third-order valence-electron chi connectivity index (χ3n) is 3.82. The fourth-order valence-corrected chi connectivity index (χ4v) is 2.39. The molecule has 6 nitrogen and oxygen atoms in total. The van der Waals surface area contributed by atoms with Crippen LogP contribution >= 0.6 is 0 Å². The Kier molecular flexibility index (Phi) is 17.4. The number of aliphatic hydroxyl groups is 2. The molecule has 0 amide bonds. The van der Waals surface area contributed by atoms with E-state index >= 15 is 0 Å². The number of carbonyl (C=O) groups is 1. The van der Waals surface area contributed by atoms with Gasteiger partial charge in [0.05, 0.1) is 13.2 Å². The molecule has 0 unspecified atom stereocenters. The van der Waals surface area contributed by atoms with Gasteiger partial charge in [0.25, 0.3) is 0 Å². The Morgan fingerprint density at radius 3 is 1.90 bits per heavy atom. The molecular weight excluding hydrogens is 384 g/mol. The Morgan fingerprint density at radius 1 is 0.867 bits per heavy atom. The van der Waals surface area contributed by atoms with E-state index in [1.54, 1.807) is 6.07 Å². The molecule has 0 spiro atoms. The predicted molar refractivity (Wildman–Crippen MR) is 119 cm³/mol. The molecule has 0 aliphatic heterocycles. The number of hydrogen-bond acceptors (Lipinski definition) is 6. The van der Waals surface area contributed by atoms with E-state index in [0.29, 0.717) is 12.2 Å². The van der Waals surface area contributed by atoms with Crippen LogP contribution in [0.25, 0.3) is 0 Å². The molecule has 0 aliphatic rings. The van der Waals surface area contributed by atoms with Crippen molar-refractivity contribution >= 4 is 6.29 Å². The molecule has 2 N–H and O–H groups in total. The van der Waals surface area contributed by atoms with E-state index in [1.807, 2.05) is 57.2 Å². The van der Waals surface area contributed by atoms with Gasteiger partial charge in [0.1, 0.15) is 18.6 Å². The number of rotatable bonds is 10. The highest BCUT2D eigenvalue weighted by Gasteiger charge is 2.04. The first kappa shape index (κ1) is 27.8. The maximum absolute atomic E-state index is 10.9. The van der Waals surface area contributed by atoms with Crippen LogP contribution in [-0.4, -0.2) is 49.2 Å². The average Bonchev–Trinajstić information content (AvgIpc) is 2.79. The van der Waals surface area contributed by atoms with E-state index in [4.69, 9.17) is 24.4 Å². The van der Waals surface area contributed by atoms with Gasteiger partial charge in [0.2, 0.25) is 0 Å². The van der Waals surface area contributed by atoms with Crippen LogP contribution in [-0.2, 0) is 22.5 Å². The first-order valence-corrected chi connectivity index (χ1v) is 10.3. The minimum atomic E-state index is -0.125. The molecule has 6 heteroatoms. The molecule has 0 saturated heterocycles. The lowest BCUT2D eigenvalue weighted by molar-refractivity contribution is -0.123. The molecule has 2 rings (SSSR count). The summed E-state index contributed by atoms with van der Waals surface area (Å²) >= 11 is 0. The van der Waals surface area contributed by atoms with Gasteiger partial charge in [-0.15, -0.1) is 0 Å². The lowest BCUT2D eigenvalue weighted by Crippen LogP contribution is -2.11. The van der Waals surface area contributed by atoms with Crippen molar-refractivity contribution in [1.29, 1.82) is 0 Å². The topological polar surface area (TPSA) is 85.2 Å². The quantitative estimate of drug-likeness (QED) is 0.446. The number of benzene rings is 2. The zero-order valence-electron chi connectivity index (χ0n) is 18.5. The number of hydrogen-bond donors (Lipinski definition) is 2. The van der Waals surface area contributed by atoms with Crippen LogP contribution < -0.4 is 4.74 Å². The third kappa shape index (κ3) is 12.3. The molecule has 168 valence electrons. The average molecular weight is 421 g/mol. The number of aryl methyl sites for hydroxylation is 1. The zero-order chi connectivity index (χ0) is 22.6. The molecule has 0 radical (unpaired) electrons. The summed E-state index contributed by atoms with van der Waals surface area (Å²) in [5, 5.41) is 15.2. The molecule has 0 heterocycles. The van der Waals surface area contributed by atoms with Crippen LogP contribution in [0.5, 0.6) is 5.75 Å². The first-order chi connectivity index (χ1) is 14.6. The van der Waals surface area contributed by atoms with Crippen molar-refractivity contribution in [3.63, 3.8) is 0 Å². The molecule has 0 aliphatic carbocycles. The van der Waals surface area contributed by atoms with Crippen LogP contribution in [0.15, 0.2) is 48.5 Å². The van der Waals surface area contributed by atoms with Crippen molar-refractivity contribution in [1.82, 2.24) is 0 Å². The first-order valence-electron chi connectivity index (χ1n) is 10.3. The van der Waals surface area contributed by atoms with Crippen molar-refractivity contribution < 1.29 is 29.2 Å². The minimum Gasteiger partial charge on any atom is -0.489 e. The molecule has 0 saturated carbocycles. The summed E-state index contributed by atoms with van der Waals surface area (Å²) < 4.78 is 15.9. The molecule has 0 bridgehead atoms. The van der Waals surface area contributed by atoms with E-state index in [0.717, 1.165) is 37.2 Å². The Morgan fingerprint density at radius 2 is 1.40 bits per heavy atom. The van der Waals surface area contributed by atoms with Gasteiger partial charge < -0.3 is 24.4 Å². The van der Waals surface area contributed by atoms with Crippen LogP contribution in [0.3, 0.4) is 0 Å². The van der Waals surface area contributed by atoms with Crippen molar-refractivity contribution in [2.24, 2.45) is 0 Å². The van der Waals surface area contributed by atoms with Gasteiger partial charge in [-0.25, -0.2) is 0 Å². The lowest BCUT2D eigenvalue weighted by atomic mass is 10.1.